The van der Waals surface area contributed by atoms with Crippen LogP contribution >= 0.6 is 12.4 Å². The molecule has 1 N–H and O–H groups in total. The first-order valence-corrected chi connectivity index (χ1v) is 1.25. The topological polar surface area (TPSA) is 12.0 Å². The van der Waals surface area contributed by atoms with E-state index in [1.54, 1.807) is 0 Å². The SMILES string of the molecule is Cl.[2H]C([2H])([2H])C([2H])([2H])NC([2H])([2H])C([2H])([2H])C([2H])([2H])[2H]. The summed E-state index contributed by atoms with van der Waals surface area (Å²) in [7, 11) is 0. The van der Waals surface area contributed by atoms with E-state index < -0.39 is 33.1 Å². The van der Waals surface area contributed by atoms with Crippen LogP contribution in [0.2, 0.25) is 0 Å². The third-order valence-corrected chi connectivity index (χ3v) is 0.188. The van der Waals surface area contributed by atoms with Gasteiger partial charge in [0, 0.05) is 16.4 Å². The molecule has 0 atom stereocenters. The van der Waals surface area contributed by atoms with Crippen molar-refractivity contribution >= 4 is 12.4 Å². The highest BCUT2D eigenvalue weighted by Gasteiger charge is 1.71. The molecule has 0 spiro atoms. The largest absolute Gasteiger partial charge is 0.317 e. The predicted molar refractivity (Wildman–Crippen MR) is 36.1 cm³/mol. The second kappa shape index (κ2) is 9.54. The van der Waals surface area contributed by atoms with Crippen LogP contribution < -0.4 is 5.32 Å². The molecule has 0 heterocycles. The molecule has 0 saturated carbocycles. The Morgan fingerprint density at radius 2 is 2.57 bits per heavy atom. The van der Waals surface area contributed by atoms with Crippen molar-refractivity contribution in [2.45, 2.75) is 20.1 Å². The highest BCUT2D eigenvalue weighted by Crippen LogP contribution is 1.65. The van der Waals surface area contributed by atoms with Crippen LogP contribution in [0.4, 0.5) is 0 Å². The van der Waals surface area contributed by atoms with Crippen molar-refractivity contribution in [3.05, 3.63) is 0 Å². The van der Waals surface area contributed by atoms with Gasteiger partial charge in [-0.2, -0.15) is 0 Å². The van der Waals surface area contributed by atoms with Gasteiger partial charge in [-0.15, -0.1) is 12.4 Å². The second-order valence-electron chi connectivity index (χ2n) is 0.500. The number of hydrogen-bond donors (Lipinski definition) is 1. The lowest BCUT2D eigenvalue weighted by atomic mass is 10.5. The maximum atomic E-state index is 7.25. The molecule has 0 aliphatic rings. The molecule has 1 nitrogen and oxygen atoms in total. The number of rotatable bonds is 3. The Kier molecular flexibility index (Phi) is 1.30. The fraction of sp³-hybridized carbons (Fsp3) is 1.00. The first-order chi connectivity index (χ1) is 7.46. The van der Waals surface area contributed by atoms with Crippen LogP contribution in [-0.4, -0.2) is 13.0 Å². The zero-order chi connectivity index (χ0) is 15.2. The molecule has 0 fully saturated rings. The second-order valence-corrected chi connectivity index (χ2v) is 0.500. The molecule has 2 heteroatoms. The van der Waals surface area contributed by atoms with Gasteiger partial charge in [0.2, 0.25) is 0 Å². The van der Waals surface area contributed by atoms with Crippen molar-refractivity contribution in [3.63, 3.8) is 0 Å². The molecule has 0 radical (unpaired) electrons. The van der Waals surface area contributed by atoms with Crippen molar-refractivity contribution in [2.75, 3.05) is 13.0 Å². The van der Waals surface area contributed by atoms with E-state index in [-0.39, 0.29) is 12.4 Å². The van der Waals surface area contributed by atoms with Gasteiger partial charge in [0.05, 0.1) is 0 Å². The summed E-state index contributed by atoms with van der Waals surface area (Å²) in [6.07, 6.45) is -3.46. The fourth-order valence-electron chi connectivity index (χ4n) is 0.0625. The summed E-state index contributed by atoms with van der Waals surface area (Å²) in [6.45, 7) is -13.3. The van der Waals surface area contributed by atoms with Crippen LogP contribution in [0.3, 0.4) is 0 Å². The highest BCUT2D eigenvalue weighted by molar-refractivity contribution is 5.85. The Balaban J connectivity index is 0. The van der Waals surface area contributed by atoms with Crippen LogP contribution in [0.1, 0.15) is 36.5 Å². The van der Waals surface area contributed by atoms with Crippen LogP contribution in [-0.2, 0) is 0 Å². The van der Waals surface area contributed by atoms with E-state index in [2.05, 4.69) is 0 Å². The molecule has 0 rings (SSSR count). The third-order valence-electron chi connectivity index (χ3n) is 0.188. The monoisotopic (exact) mass is 135 g/mol. The lowest BCUT2D eigenvalue weighted by molar-refractivity contribution is 0.703. The summed E-state index contributed by atoms with van der Waals surface area (Å²) in [6, 6.07) is 0. The van der Waals surface area contributed by atoms with Crippen LogP contribution in [0.5, 0.6) is 0 Å². The summed E-state index contributed by atoms with van der Waals surface area (Å²) >= 11 is 0. The molecule has 0 aliphatic carbocycles. The number of nitrogens with one attached hydrogen (secondary N) is 1. The number of hydrogen-bond acceptors (Lipinski definition) is 1. The van der Waals surface area contributed by atoms with E-state index >= 15 is 0 Å². The first-order valence-electron chi connectivity index (χ1n) is 7.25. The fourth-order valence-corrected chi connectivity index (χ4v) is 0.0625. The average Bonchev–Trinajstić information content (AvgIpc) is 1.96. The minimum Gasteiger partial charge on any atom is -0.317 e. The molecular weight excluding hydrogens is 110 g/mol. The Morgan fingerprint density at radius 3 is 3.14 bits per heavy atom. The Bertz CT molecular complexity index is 302. The van der Waals surface area contributed by atoms with E-state index in [9.17, 15) is 0 Å². The van der Waals surface area contributed by atoms with E-state index in [0.717, 1.165) is 0 Å². The van der Waals surface area contributed by atoms with Gasteiger partial charge in [0.1, 0.15) is 0 Å². The summed E-state index contributed by atoms with van der Waals surface area (Å²) in [5, 5.41) is 1.29. The molecule has 0 bridgehead atoms. The molecular formula is C5H14ClN. The van der Waals surface area contributed by atoms with Crippen molar-refractivity contribution < 1.29 is 16.4 Å². The summed E-state index contributed by atoms with van der Waals surface area (Å²) in [5.74, 6) is 0. The minimum absolute atomic E-state index is 0. The maximum Gasteiger partial charge on any atom is 0.0428 e. The standard InChI is InChI=1S/C5H13N.ClH/c1-3-5-6-4-2;/h6H,3-5H2,1-2H3;1H/i1D3,2D3,3D2,4D2,5D2;. The third kappa shape index (κ3) is 10.7. The normalized spacial score (nSPS) is 42.9. The van der Waals surface area contributed by atoms with Crippen molar-refractivity contribution in [2.24, 2.45) is 0 Å². The average molecular weight is 136 g/mol. The van der Waals surface area contributed by atoms with Crippen LogP contribution in [0, 0.1) is 0 Å². The zero-order valence-electron chi connectivity index (χ0n) is 15.4. The molecule has 46 valence electrons. The summed E-state index contributed by atoms with van der Waals surface area (Å²) in [5.41, 5.74) is 0. The van der Waals surface area contributed by atoms with E-state index in [1.165, 1.54) is 5.32 Å². The van der Waals surface area contributed by atoms with Crippen LogP contribution in [0.25, 0.3) is 0 Å². The number of halogens is 1. The van der Waals surface area contributed by atoms with Gasteiger partial charge in [-0.3, -0.25) is 0 Å². The van der Waals surface area contributed by atoms with Gasteiger partial charge in [0.25, 0.3) is 0 Å². The van der Waals surface area contributed by atoms with E-state index in [4.69, 9.17) is 16.4 Å². The molecule has 0 aliphatic heterocycles. The summed E-state index contributed by atoms with van der Waals surface area (Å²) in [4.78, 5) is 0. The molecule has 0 aromatic rings. The molecule has 0 unspecified atom stereocenters. The molecule has 7 heavy (non-hydrogen) atoms. The lowest BCUT2D eigenvalue weighted by Crippen LogP contribution is -2.12. The van der Waals surface area contributed by atoms with Crippen molar-refractivity contribution in [1.82, 2.24) is 5.32 Å². The van der Waals surface area contributed by atoms with Gasteiger partial charge in [-0.1, -0.05) is 13.7 Å². The van der Waals surface area contributed by atoms with Crippen LogP contribution in [0.15, 0.2) is 0 Å². The van der Waals surface area contributed by atoms with E-state index in [1.807, 2.05) is 0 Å². The Labute approximate surface area is 68.8 Å². The van der Waals surface area contributed by atoms with Gasteiger partial charge >= 0.3 is 0 Å². The predicted octanol–water partition coefficient (Wildman–Crippen LogP) is 1.43. The van der Waals surface area contributed by atoms with E-state index in [0.29, 0.717) is 0 Å². The highest BCUT2D eigenvalue weighted by atomic mass is 35.5. The molecule has 0 saturated heterocycles. The van der Waals surface area contributed by atoms with Gasteiger partial charge in [-0.05, 0) is 19.4 Å². The van der Waals surface area contributed by atoms with Gasteiger partial charge in [0.15, 0.2) is 0 Å². The zero-order valence-corrected chi connectivity index (χ0v) is 4.22. The molecule has 0 aromatic carbocycles. The Hall–Kier alpha value is 0.250. The lowest BCUT2D eigenvalue weighted by Gasteiger charge is -1.91. The quantitative estimate of drug-likeness (QED) is 0.618. The van der Waals surface area contributed by atoms with Gasteiger partial charge < -0.3 is 5.32 Å². The molecule has 0 aromatic heterocycles. The smallest absolute Gasteiger partial charge is 0.0428 e. The van der Waals surface area contributed by atoms with Gasteiger partial charge in [-0.25, -0.2) is 0 Å². The first kappa shape index (κ1) is 0.952. The van der Waals surface area contributed by atoms with Crippen molar-refractivity contribution in [1.29, 1.82) is 0 Å². The summed E-state index contributed by atoms with van der Waals surface area (Å²) < 4.78 is 84.2. The Morgan fingerprint density at radius 1 is 1.71 bits per heavy atom. The van der Waals surface area contributed by atoms with Crippen molar-refractivity contribution in [3.8, 4) is 0 Å². The minimum atomic E-state index is -3.46. The maximum absolute atomic E-state index is 7.25. The molecule has 0 amide bonds.